The van der Waals surface area contributed by atoms with Crippen LogP contribution in [0.25, 0.3) is 150 Å². The predicted octanol–water partition coefficient (Wildman–Crippen LogP) is 20.4. The summed E-state index contributed by atoms with van der Waals surface area (Å²) in [5, 5.41) is 4.82. The molecule has 1 atom stereocenters. The number of imidazole rings is 3. The highest BCUT2D eigenvalue weighted by atomic mass is 15.2. The first-order valence-corrected chi connectivity index (χ1v) is 30.6. The third kappa shape index (κ3) is 7.27. The maximum absolute atomic E-state index is 5.61. The van der Waals surface area contributed by atoms with Gasteiger partial charge in [-0.25, -0.2) is 9.97 Å². The van der Waals surface area contributed by atoms with Gasteiger partial charge in [-0.05, 0) is 142 Å². The molecule has 0 saturated carbocycles. The monoisotopic (exact) mass is 1140 g/mol. The highest BCUT2D eigenvalue weighted by Gasteiger charge is 2.35. The van der Waals surface area contributed by atoms with Crippen LogP contribution in [-0.4, -0.2) is 32.6 Å². The Morgan fingerprint density at radius 1 is 0.292 bits per heavy atom. The van der Waals surface area contributed by atoms with Crippen molar-refractivity contribution in [3.8, 4) is 67.3 Å². The lowest BCUT2D eigenvalue weighted by molar-refractivity contribution is 0.910. The molecule has 1 aliphatic heterocycles. The van der Waals surface area contributed by atoms with Gasteiger partial charge in [-0.1, -0.05) is 212 Å². The van der Waals surface area contributed by atoms with Crippen molar-refractivity contribution in [2.75, 3.05) is 0 Å². The molecule has 6 heterocycles. The maximum Gasteiger partial charge on any atom is 0.220 e. The molecule has 19 rings (SSSR count). The molecule has 5 aromatic heterocycles. The first-order valence-electron chi connectivity index (χ1n) is 30.6. The second-order valence-corrected chi connectivity index (χ2v) is 23.7. The van der Waals surface area contributed by atoms with Crippen molar-refractivity contribution >= 4 is 82.5 Å². The fourth-order valence-electron chi connectivity index (χ4n) is 15.1. The Kier molecular flexibility index (Phi) is 10.6. The summed E-state index contributed by atoms with van der Waals surface area (Å²) < 4.78 is 12.2. The predicted molar refractivity (Wildman–Crippen MR) is 367 cm³/mol. The van der Waals surface area contributed by atoms with E-state index in [0.717, 1.165) is 123 Å². The molecule has 18 aromatic rings. The van der Waals surface area contributed by atoms with Crippen molar-refractivity contribution in [3.05, 3.63) is 320 Å². The third-order valence-corrected chi connectivity index (χ3v) is 18.9. The minimum Gasteiger partial charge on any atom is -0.309 e. The van der Waals surface area contributed by atoms with Crippen LogP contribution in [0.2, 0.25) is 0 Å². The molecule has 0 fully saturated rings. The van der Waals surface area contributed by atoms with Crippen LogP contribution >= 0.6 is 0 Å². The van der Waals surface area contributed by atoms with E-state index in [1.165, 1.54) is 49.4 Å². The molecule has 0 aliphatic carbocycles. The lowest BCUT2D eigenvalue weighted by atomic mass is 9.88. The van der Waals surface area contributed by atoms with E-state index in [4.69, 9.17) is 9.97 Å². The van der Waals surface area contributed by atoms with Gasteiger partial charge in [-0.15, -0.1) is 0 Å². The van der Waals surface area contributed by atoms with Crippen molar-refractivity contribution in [2.45, 2.75) is 12.8 Å². The highest BCUT2D eigenvalue weighted by Crippen LogP contribution is 2.50. The molecule has 1 unspecified atom stereocenters. The minimum absolute atomic E-state index is 0.0459. The largest absolute Gasteiger partial charge is 0.309 e. The molecular formula is C82H53N7. The Morgan fingerprint density at radius 3 is 1.30 bits per heavy atom. The zero-order chi connectivity index (χ0) is 58.4. The van der Waals surface area contributed by atoms with Gasteiger partial charge in [0, 0.05) is 38.4 Å². The standard InChI is InChI=1S/C82H53N7/c1-51-78(57-39-43-65-73(48-57)88-72-46-55(52-22-6-2-7-23-52)38-42-64(72)80(81(88)83-65)54-26-10-4-11-27-54)76(86-67-34-18-14-30-60(67)61-31-15-19-35-68(61)86)50-77(87-69-36-20-16-32-62(69)63-33-17-21-37-70(63)87)79(51)58-40-44-66-74(49-58)89-75-47-56(53-24-8-3-9-25-53)41-45-71(75)85(82(89)84-66)59-28-12-5-13-29-59/h2-50,80H,1H3. The summed E-state index contributed by atoms with van der Waals surface area (Å²) in [6.07, 6.45) is 0. The Morgan fingerprint density at radius 2 is 0.742 bits per heavy atom. The molecule has 7 heteroatoms. The van der Waals surface area contributed by atoms with Crippen LogP contribution in [0.3, 0.4) is 0 Å². The summed E-state index contributed by atoms with van der Waals surface area (Å²) >= 11 is 0. The summed E-state index contributed by atoms with van der Waals surface area (Å²) in [7, 11) is 0. The topological polar surface area (TPSA) is 49.9 Å². The number of aromatic nitrogens is 7. The van der Waals surface area contributed by atoms with Gasteiger partial charge < -0.3 is 9.13 Å². The number of fused-ring (bicyclic) bond motifs is 16. The average molecular weight is 1140 g/mol. The average Bonchev–Trinajstić information content (AvgIpc) is 1.64. The fraction of sp³-hybridized carbons (Fsp3) is 0.0244. The van der Waals surface area contributed by atoms with Gasteiger partial charge in [-0.2, -0.15) is 0 Å². The van der Waals surface area contributed by atoms with Gasteiger partial charge in [-0.3, -0.25) is 13.5 Å². The van der Waals surface area contributed by atoms with E-state index in [2.05, 4.69) is 327 Å². The molecule has 0 bridgehead atoms. The van der Waals surface area contributed by atoms with Crippen LogP contribution < -0.4 is 0 Å². The van der Waals surface area contributed by atoms with E-state index in [0.29, 0.717) is 0 Å². The van der Waals surface area contributed by atoms with Gasteiger partial charge >= 0.3 is 0 Å². The molecular weight excluding hydrogens is 1080 g/mol. The molecule has 0 spiro atoms. The van der Waals surface area contributed by atoms with Crippen molar-refractivity contribution in [2.24, 2.45) is 0 Å². The van der Waals surface area contributed by atoms with Gasteiger partial charge in [0.05, 0.1) is 78.1 Å². The highest BCUT2D eigenvalue weighted by molar-refractivity contribution is 6.13. The molecule has 0 saturated heterocycles. The van der Waals surface area contributed by atoms with Gasteiger partial charge in [0.25, 0.3) is 0 Å². The number of hydrogen-bond donors (Lipinski definition) is 0. The number of rotatable bonds is 8. The summed E-state index contributed by atoms with van der Waals surface area (Å²) in [5.41, 5.74) is 27.8. The van der Waals surface area contributed by atoms with Crippen LogP contribution in [-0.2, 0) is 0 Å². The van der Waals surface area contributed by atoms with Crippen LogP contribution in [0.1, 0.15) is 28.4 Å². The molecule has 0 N–H and O–H groups in total. The SMILES string of the molecule is Cc1c(-c2ccc3nc4n(c3c2)-c2cc(-c3ccccc3)ccc2C4c2ccccc2)c(-n2c3ccccc3c3ccccc32)cc(-n2c3ccccc3c3ccccc32)c1-c1ccc2nc3n(-c4ccccc4)c4ccc(-c5ccccc5)cc4n3c2c1. The second-order valence-electron chi connectivity index (χ2n) is 23.7. The molecule has 0 radical (unpaired) electrons. The number of para-hydroxylation sites is 5. The molecule has 7 nitrogen and oxygen atoms in total. The Balaban J connectivity index is 0.940. The lowest BCUT2D eigenvalue weighted by Gasteiger charge is -2.24. The molecule has 89 heavy (non-hydrogen) atoms. The van der Waals surface area contributed by atoms with Crippen LogP contribution in [0.5, 0.6) is 0 Å². The lowest BCUT2D eigenvalue weighted by Crippen LogP contribution is -2.06. The number of nitrogens with zero attached hydrogens (tertiary/aromatic N) is 7. The van der Waals surface area contributed by atoms with Crippen molar-refractivity contribution in [1.82, 2.24) is 32.6 Å². The second kappa shape index (κ2) is 19.1. The van der Waals surface area contributed by atoms with Crippen molar-refractivity contribution in [1.29, 1.82) is 0 Å². The summed E-state index contributed by atoms with van der Waals surface area (Å²) in [4.78, 5) is 11.1. The van der Waals surface area contributed by atoms with E-state index in [9.17, 15) is 0 Å². The number of hydrogen-bond acceptors (Lipinski definition) is 2. The van der Waals surface area contributed by atoms with E-state index in [-0.39, 0.29) is 5.92 Å². The quantitative estimate of drug-likeness (QED) is 0.152. The first-order chi connectivity index (χ1) is 44.1. The molecule has 13 aromatic carbocycles. The van der Waals surface area contributed by atoms with Gasteiger partial charge in [0.15, 0.2) is 0 Å². The van der Waals surface area contributed by atoms with Crippen LogP contribution in [0.4, 0.5) is 0 Å². The van der Waals surface area contributed by atoms with Crippen LogP contribution in [0, 0.1) is 6.92 Å². The maximum atomic E-state index is 5.61. The van der Waals surface area contributed by atoms with E-state index >= 15 is 0 Å². The summed E-state index contributed by atoms with van der Waals surface area (Å²) in [5.74, 6) is 1.84. The summed E-state index contributed by atoms with van der Waals surface area (Å²) in [6, 6.07) is 109. The van der Waals surface area contributed by atoms with E-state index < -0.39 is 0 Å². The third-order valence-electron chi connectivity index (χ3n) is 18.9. The van der Waals surface area contributed by atoms with Gasteiger partial charge in [0.2, 0.25) is 5.78 Å². The Bertz CT molecular complexity index is 5810. The van der Waals surface area contributed by atoms with Crippen molar-refractivity contribution < 1.29 is 0 Å². The minimum atomic E-state index is -0.0459. The smallest absolute Gasteiger partial charge is 0.220 e. The molecule has 1 aliphatic rings. The zero-order valence-corrected chi connectivity index (χ0v) is 48.5. The molecule has 0 amide bonds. The number of benzene rings is 13. The molecule has 416 valence electrons. The Labute approximate surface area is 512 Å². The van der Waals surface area contributed by atoms with Gasteiger partial charge in [0.1, 0.15) is 5.82 Å². The van der Waals surface area contributed by atoms with Crippen LogP contribution in [0.15, 0.2) is 297 Å². The van der Waals surface area contributed by atoms with Crippen molar-refractivity contribution in [3.63, 3.8) is 0 Å². The summed E-state index contributed by atoms with van der Waals surface area (Å²) in [6.45, 7) is 2.36. The fourth-order valence-corrected chi connectivity index (χ4v) is 15.1. The Hall–Kier alpha value is -11.8. The normalized spacial score (nSPS) is 13.1. The van der Waals surface area contributed by atoms with E-state index in [1.807, 2.05) is 0 Å². The first kappa shape index (κ1) is 49.5. The van der Waals surface area contributed by atoms with E-state index in [1.54, 1.807) is 0 Å². The zero-order valence-electron chi connectivity index (χ0n) is 48.5.